The summed E-state index contributed by atoms with van der Waals surface area (Å²) < 4.78 is 5.23. The topological polar surface area (TPSA) is 62.4 Å². The molecule has 0 aliphatic carbocycles. The van der Waals surface area contributed by atoms with Crippen LogP contribution in [0.1, 0.15) is 10.4 Å². The van der Waals surface area contributed by atoms with Crippen molar-refractivity contribution >= 4 is 17.3 Å². The predicted molar refractivity (Wildman–Crippen MR) is 91.4 cm³/mol. The largest absolute Gasteiger partial charge is 0.497 e. The summed E-state index contributed by atoms with van der Waals surface area (Å²) in [5.74, 6) is 1.26. The third-order valence-electron chi connectivity index (χ3n) is 3.94. The lowest BCUT2D eigenvalue weighted by atomic mass is 10.0. The van der Waals surface area contributed by atoms with E-state index in [2.05, 4.69) is 16.0 Å². The van der Waals surface area contributed by atoms with E-state index in [-0.39, 0.29) is 5.91 Å². The molecule has 2 aromatic carbocycles. The van der Waals surface area contributed by atoms with Crippen LogP contribution in [0.5, 0.6) is 5.75 Å². The van der Waals surface area contributed by atoms with Crippen LogP contribution in [0.4, 0.5) is 11.4 Å². The number of methoxy groups -OCH3 is 1. The standard InChI is InChI=1S/C18H21N3O2/c1-23-15-6-4-5-14(9-15)21-17-8-3-2-7-16(17)18(22)20-12-13-10-19-11-13/h2-9,13,19,21H,10-12H2,1H3,(H,20,22). The van der Waals surface area contributed by atoms with E-state index < -0.39 is 0 Å². The molecule has 1 amide bonds. The quantitative estimate of drug-likeness (QED) is 0.766. The Labute approximate surface area is 136 Å². The average molecular weight is 311 g/mol. The molecule has 3 N–H and O–H groups in total. The maximum Gasteiger partial charge on any atom is 0.253 e. The number of hydrogen-bond donors (Lipinski definition) is 3. The Hall–Kier alpha value is -2.53. The lowest BCUT2D eigenvalue weighted by Gasteiger charge is -2.27. The van der Waals surface area contributed by atoms with Gasteiger partial charge in [-0.25, -0.2) is 0 Å². The summed E-state index contributed by atoms with van der Waals surface area (Å²) in [7, 11) is 1.63. The molecule has 1 heterocycles. The molecule has 0 bridgehead atoms. The molecule has 0 atom stereocenters. The van der Waals surface area contributed by atoms with Crippen molar-refractivity contribution in [2.75, 3.05) is 32.1 Å². The van der Waals surface area contributed by atoms with Crippen molar-refractivity contribution < 1.29 is 9.53 Å². The zero-order chi connectivity index (χ0) is 16.1. The molecule has 1 fully saturated rings. The fourth-order valence-electron chi connectivity index (χ4n) is 2.47. The van der Waals surface area contributed by atoms with Crippen molar-refractivity contribution in [1.29, 1.82) is 0 Å². The summed E-state index contributed by atoms with van der Waals surface area (Å²) in [6.45, 7) is 2.66. The molecule has 5 heteroatoms. The molecule has 0 aromatic heterocycles. The summed E-state index contributed by atoms with van der Waals surface area (Å²) in [5, 5.41) is 9.50. The first-order valence-corrected chi connectivity index (χ1v) is 7.75. The molecular weight excluding hydrogens is 290 g/mol. The average Bonchev–Trinajstić information content (AvgIpc) is 2.54. The number of benzene rings is 2. The van der Waals surface area contributed by atoms with E-state index in [4.69, 9.17) is 4.74 Å². The van der Waals surface area contributed by atoms with Gasteiger partial charge in [-0.15, -0.1) is 0 Å². The van der Waals surface area contributed by atoms with Crippen LogP contribution in [0.2, 0.25) is 0 Å². The van der Waals surface area contributed by atoms with Crippen LogP contribution < -0.4 is 20.7 Å². The third-order valence-corrected chi connectivity index (χ3v) is 3.94. The predicted octanol–water partition coefficient (Wildman–Crippen LogP) is 2.39. The minimum absolute atomic E-state index is 0.0529. The van der Waals surface area contributed by atoms with Gasteiger partial charge in [-0.1, -0.05) is 18.2 Å². The lowest BCUT2D eigenvalue weighted by molar-refractivity contribution is 0.0943. The first kappa shape index (κ1) is 15.4. The number of hydrogen-bond acceptors (Lipinski definition) is 4. The molecule has 0 spiro atoms. The SMILES string of the molecule is COc1cccc(Nc2ccccc2C(=O)NCC2CNC2)c1. The molecular formula is C18H21N3O2. The van der Waals surface area contributed by atoms with Crippen LogP contribution >= 0.6 is 0 Å². The number of amides is 1. The van der Waals surface area contributed by atoms with Crippen LogP contribution in [0, 0.1) is 5.92 Å². The fourth-order valence-corrected chi connectivity index (χ4v) is 2.47. The molecule has 1 aliphatic heterocycles. The molecule has 0 unspecified atom stereocenters. The summed E-state index contributed by atoms with van der Waals surface area (Å²) >= 11 is 0. The van der Waals surface area contributed by atoms with E-state index in [0.29, 0.717) is 18.0 Å². The summed E-state index contributed by atoms with van der Waals surface area (Å²) in [4.78, 5) is 12.4. The van der Waals surface area contributed by atoms with E-state index in [1.165, 1.54) is 0 Å². The van der Waals surface area contributed by atoms with Crippen molar-refractivity contribution in [2.24, 2.45) is 5.92 Å². The van der Waals surface area contributed by atoms with E-state index >= 15 is 0 Å². The summed E-state index contributed by atoms with van der Waals surface area (Å²) in [6, 6.07) is 15.2. The lowest BCUT2D eigenvalue weighted by Crippen LogP contribution is -2.48. The second-order valence-electron chi connectivity index (χ2n) is 5.64. The van der Waals surface area contributed by atoms with Gasteiger partial charge < -0.3 is 20.7 Å². The van der Waals surface area contributed by atoms with E-state index in [1.54, 1.807) is 7.11 Å². The van der Waals surface area contributed by atoms with Gasteiger partial charge in [0, 0.05) is 37.3 Å². The second-order valence-corrected chi connectivity index (χ2v) is 5.64. The highest BCUT2D eigenvalue weighted by Gasteiger charge is 2.18. The van der Waals surface area contributed by atoms with Gasteiger partial charge in [-0.05, 0) is 24.3 Å². The molecule has 0 saturated carbocycles. The van der Waals surface area contributed by atoms with Gasteiger partial charge in [0.05, 0.1) is 18.4 Å². The van der Waals surface area contributed by atoms with Gasteiger partial charge in [0.15, 0.2) is 0 Å². The normalized spacial score (nSPS) is 14.0. The van der Waals surface area contributed by atoms with Crippen LogP contribution in [-0.4, -0.2) is 32.7 Å². The molecule has 1 aliphatic rings. The van der Waals surface area contributed by atoms with Crippen molar-refractivity contribution in [3.8, 4) is 5.75 Å². The molecule has 0 radical (unpaired) electrons. The monoisotopic (exact) mass is 311 g/mol. The van der Waals surface area contributed by atoms with E-state index in [9.17, 15) is 4.79 Å². The number of anilines is 2. The maximum atomic E-state index is 12.4. The van der Waals surface area contributed by atoms with Crippen molar-refractivity contribution in [3.63, 3.8) is 0 Å². The molecule has 23 heavy (non-hydrogen) atoms. The Balaban J connectivity index is 1.72. The van der Waals surface area contributed by atoms with Gasteiger partial charge in [0.1, 0.15) is 5.75 Å². The van der Waals surface area contributed by atoms with Crippen LogP contribution in [0.15, 0.2) is 48.5 Å². The Morgan fingerprint density at radius 1 is 1.22 bits per heavy atom. The first-order chi connectivity index (χ1) is 11.3. The molecule has 120 valence electrons. The maximum absolute atomic E-state index is 12.4. The van der Waals surface area contributed by atoms with Crippen LogP contribution in [-0.2, 0) is 0 Å². The minimum Gasteiger partial charge on any atom is -0.497 e. The highest BCUT2D eigenvalue weighted by atomic mass is 16.5. The Kier molecular flexibility index (Phi) is 4.78. The number of carbonyl (C=O) groups excluding carboxylic acids is 1. The number of para-hydroxylation sites is 1. The van der Waals surface area contributed by atoms with Gasteiger partial charge in [0.2, 0.25) is 0 Å². The number of nitrogens with one attached hydrogen (secondary N) is 3. The van der Waals surface area contributed by atoms with Gasteiger partial charge >= 0.3 is 0 Å². The van der Waals surface area contributed by atoms with Gasteiger partial charge in [0.25, 0.3) is 5.91 Å². The summed E-state index contributed by atoms with van der Waals surface area (Å²) in [6.07, 6.45) is 0. The van der Waals surface area contributed by atoms with Crippen molar-refractivity contribution in [1.82, 2.24) is 10.6 Å². The zero-order valence-electron chi connectivity index (χ0n) is 13.1. The molecule has 5 nitrogen and oxygen atoms in total. The third kappa shape index (κ3) is 3.81. The minimum atomic E-state index is -0.0529. The van der Waals surface area contributed by atoms with Crippen molar-refractivity contribution in [2.45, 2.75) is 0 Å². The number of carbonyl (C=O) groups is 1. The molecule has 1 saturated heterocycles. The Morgan fingerprint density at radius 3 is 2.78 bits per heavy atom. The van der Waals surface area contributed by atoms with Crippen LogP contribution in [0.3, 0.4) is 0 Å². The van der Waals surface area contributed by atoms with E-state index in [1.807, 2.05) is 48.5 Å². The Morgan fingerprint density at radius 2 is 2.04 bits per heavy atom. The first-order valence-electron chi connectivity index (χ1n) is 7.75. The van der Waals surface area contributed by atoms with Crippen LogP contribution in [0.25, 0.3) is 0 Å². The highest BCUT2D eigenvalue weighted by Crippen LogP contribution is 2.24. The number of rotatable bonds is 6. The fraction of sp³-hybridized carbons (Fsp3) is 0.278. The smallest absolute Gasteiger partial charge is 0.253 e. The highest BCUT2D eigenvalue weighted by molar-refractivity contribution is 6.00. The van der Waals surface area contributed by atoms with Gasteiger partial charge in [-0.3, -0.25) is 4.79 Å². The zero-order valence-corrected chi connectivity index (χ0v) is 13.1. The Bertz CT molecular complexity index is 683. The van der Waals surface area contributed by atoms with Crippen molar-refractivity contribution in [3.05, 3.63) is 54.1 Å². The summed E-state index contributed by atoms with van der Waals surface area (Å²) in [5.41, 5.74) is 2.31. The second kappa shape index (κ2) is 7.15. The molecule has 2 aromatic rings. The number of ether oxygens (including phenoxy) is 1. The van der Waals surface area contributed by atoms with Gasteiger partial charge in [-0.2, -0.15) is 0 Å². The molecule has 3 rings (SSSR count). The van der Waals surface area contributed by atoms with E-state index in [0.717, 1.165) is 30.2 Å².